The number of amidine groups is 1. The highest BCUT2D eigenvalue weighted by Gasteiger charge is 2.31. The van der Waals surface area contributed by atoms with E-state index in [1.807, 2.05) is 22.0 Å². The van der Waals surface area contributed by atoms with Crippen molar-refractivity contribution < 1.29 is 14.7 Å². The predicted octanol–water partition coefficient (Wildman–Crippen LogP) is 6.33. The number of fused-ring (bicyclic) bond motifs is 1. The van der Waals surface area contributed by atoms with Crippen LogP contribution in [0.25, 0.3) is 22.4 Å². The Morgan fingerprint density at radius 1 is 1.08 bits per heavy atom. The molecule has 2 heterocycles. The van der Waals surface area contributed by atoms with E-state index < -0.39 is 11.9 Å². The third kappa shape index (κ3) is 5.57. The number of aromatic nitrogens is 4. The molecular formula is C28H33ClN6O3. The summed E-state index contributed by atoms with van der Waals surface area (Å²) >= 11 is 6.33. The van der Waals surface area contributed by atoms with Crippen molar-refractivity contribution in [2.24, 2.45) is 17.8 Å². The van der Waals surface area contributed by atoms with Gasteiger partial charge in [-0.3, -0.25) is 15.5 Å². The topological polar surface area (TPSA) is 134 Å². The molecule has 5 rings (SSSR count). The Morgan fingerprint density at radius 2 is 1.82 bits per heavy atom. The molecule has 3 N–H and O–H groups in total. The third-order valence-corrected chi connectivity index (χ3v) is 8.16. The van der Waals surface area contributed by atoms with E-state index >= 15 is 0 Å². The number of halogens is 1. The molecule has 0 bridgehead atoms. The van der Waals surface area contributed by atoms with Crippen molar-refractivity contribution in [3.05, 3.63) is 40.9 Å². The molecule has 3 aromatic rings. The third-order valence-electron chi connectivity index (χ3n) is 7.93. The zero-order chi connectivity index (χ0) is 26.8. The number of nitrogens with zero attached hydrogens (tertiary/aromatic N) is 4. The number of imidazole rings is 1. The number of amides is 1. The molecule has 200 valence electrons. The molecule has 0 atom stereocenters. The first kappa shape index (κ1) is 26.3. The van der Waals surface area contributed by atoms with Crippen molar-refractivity contribution >= 4 is 40.5 Å². The summed E-state index contributed by atoms with van der Waals surface area (Å²) in [5.41, 5.74) is 2.07. The lowest BCUT2D eigenvalue weighted by Crippen LogP contribution is -2.30. The molecule has 10 heteroatoms. The van der Waals surface area contributed by atoms with Gasteiger partial charge < -0.3 is 9.67 Å². The molecule has 0 aliphatic heterocycles. The zero-order valence-electron chi connectivity index (χ0n) is 21.5. The van der Waals surface area contributed by atoms with Crippen LogP contribution in [0.1, 0.15) is 81.2 Å². The molecule has 2 aromatic heterocycles. The van der Waals surface area contributed by atoms with Gasteiger partial charge in [-0.05, 0) is 49.7 Å². The van der Waals surface area contributed by atoms with Gasteiger partial charge in [0.25, 0.3) is 0 Å². The summed E-state index contributed by atoms with van der Waals surface area (Å²) in [6.45, 7) is 2.92. The molecular weight excluding hydrogens is 504 g/mol. The number of hydrogen-bond donors (Lipinski definition) is 3. The van der Waals surface area contributed by atoms with Crippen LogP contribution in [-0.2, 0) is 6.54 Å². The first-order valence-electron chi connectivity index (χ1n) is 13.5. The van der Waals surface area contributed by atoms with Crippen LogP contribution < -0.4 is 5.32 Å². The molecule has 0 saturated heterocycles. The van der Waals surface area contributed by atoms with Crippen molar-refractivity contribution in [2.45, 2.75) is 71.3 Å². The van der Waals surface area contributed by atoms with Crippen molar-refractivity contribution in [2.75, 3.05) is 0 Å². The van der Waals surface area contributed by atoms with Gasteiger partial charge >= 0.3 is 6.09 Å². The van der Waals surface area contributed by atoms with E-state index in [2.05, 4.69) is 16.9 Å². The van der Waals surface area contributed by atoms with E-state index in [1.54, 1.807) is 12.1 Å². The number of Topliss-reactive ketones (excluding diaryl/α,β-unsaturated/α-hetero) is 1. The van der Waals surface area contributed by atoms with E-state index in [1.165, 1.54) is 0 Å². The quantitative estimate of drug-likeness (QED) is 0.191. The van der Waals surface area contributed by atoms with Crippen LogP contribution in [0.3, 0.4) is 0 Å². The highest BCUT2D eigenvalue weighted by Crippen LogP contribution is 2.35. The van der Waals surface area contributed by atoms with E-state index in [-0.39, 0.29) is 23.2 Å². The smallest absolute Gasteiger partial charge is 0.410 e. The lowest BCUT2D eigenvalue weighted by molar-refractivity contribution is 0.0872. The summed E-state index contributed by atoms with van der Waals surface area (Å²) < 4.78 is 2.00. The van der Waals surface area contributed by atoms with E-state index in [0.29, 0.717) is 46.0 Å². The maximum Gasteiger partial charge on any atom is 0.410 e. The summed E-state index contributed by atoms with van der Waals surface area (Å²) in [4.78, 5) is 38.9. The predicted molar refractivity (Wildman–Crippen MR) is 146 cm³/mol. The normalized spacial score (nSPS) is 20.4. The molecule has 2 saturated carbocycles. The highest BCUT2D eigenvalue weighted by atomic mass is 35.5. The second-order valence-electron chi connectivity index (χ2n) is 10.8. The van der Waals surface area contributed by atoms with Crippen LogP contribution in [0.15, 0.2) is 24.3 Å². The fourth-order valence-electron chi connectivity index (χ4n) is 5.83. The summed E-state index contributed by atoms with van der Waals surface area (Å²) in [5, 5.41) is 19.9. The zero-order valence-corrected chi connectivity index (χ0v) is 22.3. The van der Waals surface area contributed by atoms with Crippen molar-refractivity contribution in [3.63, 3.8) is 0 Å². The SMILES string of the molecule is CC1CCC(Cn2c(C(=O)C3CCCCC3)nc3nc(C(=N)NC(=O)O)nc(-c4cccc(Cl)c4)c32)CC1. The van der Waals surface area contributed by atoms with Crippen LogP contribution in [0, 0.1) is 23.2 Å². The number of carbonyl (C=O) groups is 2. The minimum Gasteiger partial charge on any atom is -0.465 e. The van der Waals surface area contributed by atoms with E-state index in [4.69, 9.17) is 27.1 Å². The molecule has 0 unspecified atom stereocenters. The summed E-state index contributed by atoms with van der Waals surface area (Å²) in [6, 6.07) is 7.19. The molecule has 2 fully saturated rings. The van der Waals surface area contributed by atoms with Gasteiger partial charge in [0, 0.05) is 23.0 Å². The lowest BCUT2D eigenvalue weighted by atomic mass is 9.83. The second kappa shape index (κ2) is 11.2. The number of carboxylic acid groups (broad SMARTS) is 1. The molecule has 9 nitrogen and oxygen atoms in total. The van der Waals surface area contributed by atoms with Crippen molar-refractivity contribution in [3.8, 4) is 11.3 Å². The Bertz CT molecular complexity index is 1370. The van der Waals surface area contributed by atoms with Crippen LogP contribution >= 0.6 is 11.6 Å². The lowest BCUT2D eigenvalue weighted by Gasteiger charge is -2.27. The van der Waals surface area contributed by atoms with Crippen LogP contribution in [0.2, 0.25) is 5.02 Å². The van der Waals surface area contributed by atoms with Gasteiger partial charge in [-0.15, -0.1) is 0 Å². The van der Waals surface area contributed by atoms with Gasteiger partial charge in [-0.25, -0.2) is 19.7 Å². The average Bonchev–Trinajstić information content (AvgIpc) is 3.27. The van der Waals surface area contributed by atoms with Crippen LogP contribution in [0.4, 0.5) is 4.79 Å². The Kier molecular flexibility index (Phi) is 7.74. The average molecular weight is 537 g/mol. The number of benzene rings is 1. The largest absolute Gasteiger partial charge is 0.465 e. The Labute approximate surface area is 226 Å². The van der Waals surface area contributed by atoms with Crippen molar-refractivity contribution in [1.29, 1.82) is 5.41 Å². The first-order valence-corrected chi connectivity index (χ1v) is 13.8. The van der Waals surface area contributed by atoms with Gasteiger partial charge in [-0.2, -0.15) is 0 Å². The molecule has 0 spiro atoms. The monoisotopic (exact) mass is 536 g/mol. The van der Waals surface area contributed by atoms with Gasteiger partial charge in [0.15, 0.2) is 23.1 Å². The summed E-state index contributed by atoms with van der Waals surface area (Å²) in [6.07, 6.45) is 8.02. The second-order valence-corrected chi connectivity index (χ2v) is 11.2. The van der Waals surface area contributed by atoms with E-state index in [9.17, 15) is 9.59 Å². The maximum atomic E-state index is 13.9. The number of hydrogen-bond acceptors (Lipinski definition) is 6. The number of rotatable bonds is 6. The minimum atomic E-state index is -1.38. The molecule has 1 aromatic carbocycles. The maximum absolute atomic E-state index is 13.9. The summed E-state index contributed by atoms with van der Waals surface area (Å²) in [7, 11) is 0. The number of ketones is 1. The molecule has 2 aliphatic carbocycles. The van der Waals surface area contributed by atoms with Gasteiger partial charge in [0.1, 0.15) is 11.2 Å². The minimum absolute atomic E-state index is 0.0317. The highest BCUT2D eigenvalue weighted by molar-refractivity contribution is 6.30. The molecule has 38 heavy (non-hydrogen) atoms. The number of nitrogens with one attached hydrogen (secondary N) is 2. The van der Waals surface area contributed by atoms with E-state index in [0.717, 1.165) is 57.8 Å². The summed E-state index contributed by atoms with van der Waals surface area (Å²) in [5.74, 6) is 0.887. The fourth-order valence-corrected chi connectivity index (χ4v) is 6.02. The molecule has 2 aliphatic rings. The Balaban J connectivity index is 1.70. The van der Waals surface area contributed by atoms with Gasteiger partial charge in [-0.1, -0.05) is 62.8 Å². The van der Waals surface area contributed by atoms with Crippen molar-refractivity contribution in [1.82, 2.24) is 24.8 Å². The molecule has 0 radical (unpaired) electrons. The van der Waals surface area contributed by atoms with Gasteiger partial charge in [0.2, 0.25) is 5.78 Å². The Hall–Kier alpha value is -3.33. The fraction of sp³-hybridized carbons (Fsp3) is 0.500. The Morgan fingerprint density at radius 3 is 2.50 bits per heavy atom. The number of carbonyl (C=O) groups excluding carboxylic acids is 1. The van der Waals surface area contributed by atoms with Gasteiger partial charge in [0.05, 0.1) is 0 Å². The molecule has 1 amide bonds. The first-order chi connectivity index (χ1) is 18.3. The van der Waals surface area contributed by atoms with Crippen LogP contribution in [-0.4, -0.2) is 42.3 Å². The standard InChI is InChI=1S/C28H33ClN6O3/c1-16-10-12-17(13-11-16)15-35-22-21(19-8-5-9-20(29)14-19)31-26(24(30)32-28(37)38)33-25(22)34-27(35)23(36)18-6-3-2-4-7-18/h5,8-9,14,16-18H,2-4,6-7,10-13,15H2,1H3,(H2,30,32)(H,37,38). The van der Waals surface area contributed by atoms with Crippen LogP contribution in [0.5, 0.6) is 0 Å².